The van der Waals surface area contributed by atoms with Gasteiger partial charge in [0, 0.05) is 10.9 Å². The number of fused-ring (bicyclic) bond motifs is 1. The zero-order valence-electron chi connectivity index (χ0n) is 16.2. The molecule has 0 radical (unpaired) electrons. The normalized spacial score (nSPS) is 11.5. The topological polar surface area (TPSA) is 85.1 Å². The molecule has 3 aromatic carbocycles. The maximum Gasteiger partial charge on any atom is 0.263 e. The smallest absolute Gasteiger partial charge is 0.263 e. The molecule has 3 N–H and O–H groups in total. The molecule has 4 rings (SSSR count). The molecule has 0 unspecified atom stereocenters. The number of nitrogens with zero attached hydrogens (tertiary/aromatic N) is 1. The summed E-state index contributed by atoms with van der Waals surface area (Å²) < 4.78 is 28.7. The second-order valence-corrected chi connectivity index (χ2v) is 8.73. The first kappa shape index (κ1) is 19.0. The number of para-hydroxylation sites is 1. The van der Waals surface area contributed by atoms with Crippen LogP contribution in [0.4, 0.5) is 11.5 Å². The van der Waals surface area contributed by atoms with Crippen molar-refractivity contribution >= 4 is 32.4 Å². The van der Waals surface area contributed by atoms with Crippen LogP contribution in [0.15, 0.2) is 77.7 Å². The van der Waals surface area contributed by atoms with Gasteiger partial charge in [0.1, 0.15) is 5.82 Å². The number of anilines is 2. The number of aromatic nitrogens is 1. The van der Waals surface area contributed by atoms with Crippen molar-refractivity contribution in [3.8, 4) is 11.1 Å². The number of hydrogen-bond acceptors (Lipinski definition) is 4. The van der Waals surface area contributed by atoms with Gasteiger partial charge in [0.15, 0.2) is 0 Å². The minimum absolute atomic E-state index is 0.173. The van der Waals surface area contributed by atoms with Crippen LogP contribution in [0, 0.1) is 13.8 Å². The van der Waals surface area contributed by atoms with Crippen LogP contribution < -0.4 is 10.5 Å². The van der Waals surface area contributed by atoms with Crippen molar-refractivity contribution in [3.05, 3.63) is 83.9 Å². The monoisotopic (exact) mass is 403 g/mol. The van der Waals surface area contributed by atoms with Gasteiger partial charge in [-0.2, -0.15) is 0 Å². The third-order valence-corrected chi connectivity index (χ3v) is 6.19. The second-order valence-electron chi connectivity index (χ2n) is 7.05. The summed E-state index contributed by atoms with van der Waals surface area (Å²) in [7, 11) is -3.82. The highest BCUT2D eigenvalue weighted by molar-refractivity contribution is 7.92. The Morgan fingerprint density at radius 2 is 1.41 bits per heavy atom. The van der Waals surface area contributed by atoms with Crippen LogP contribution in [0.2, 0.25) is 0 Å². The molecule has 4 aromatic rings. The number of pyridine rings is 1. The van der Waals surface area contributed by atoms with Gasteiger partial charge in [-0.15, -0.1) is 0 Å². The molecule has 6 heteroatoms. The largest absolute Gasteiger partial charge is 0.398 e. The average molecular weight is 404 g/mol. The predicted molar refractivity (Wildman–Crippen MR) is 118 cm³/mol. The summed E-state index contributed by atoms with van der Waals surface area (Å²) in [5.74, 6) is 0.214. The van der Waals surface area contributed by atoms with E-state index in [2.05, 4.69) is 9.71 Å². The van der Waals surface area contributed by atoms with Gasteiger partial charge >= 0.3 is 0 Å². The summed E-state index contributed by atoms with van der Waals surface area (Å²) in [5, 5.41) is 0.779. The SMILES string of the molecule is Cc1ccc(-c2c(NS(=O)(=O)c3ccc(C)cc3)nc3ccccc3c2N)cc1. The molecule has 0 fully saturated rings. The van der Waals surface area contributed by atoms with Gasteiger partial charge < -0.3 is 5.73 Å². The Bertz CT molecular complexity index is 1300. The maximum absolute atomic E-state index is 13.0. The maximum atomic E-state index is 13.0. The van der Waals surface area contributed by atoms with Gasteiger partial charge in [-0.3, -0.25) is 4.72 Å². The molecule has 0 aliphatic heterocycles. The number of benzene rings is 3. The van der Waals surface area contributed by atoms with Gasteiger partial charge in [0.25, 0.3) is 10.0 Å². The average Bonchev–Trinajstić information content (AvgIpc) is 2.69. The first-order valence-electron chi connectivity index (χ1n) is 9.20. The number of aryl methyl sites for hydroxylation is 2. The van der Waals surface area contributed by atoms with Gasteiger partial charge in [0.2, 0.25) is 0 Å². The quantitative estimate of drug-likeness (QED) is 0.507. The number of sulfonamides is 1. The molecule has 0 amide bonds. The number of nitrogen functional groups attached to an aromatic ring is 1. The summed E-state index contributed by atoms with van der Waals surface area (Å²) in [6.45, 7) is 3.90. The molecule has 1 aromatic heterocycles. The van der Waals surface area contributed by atoms with Crippen LogP contribution in [-0.4, -0.2) is 13.4 Å². The van der Waals surface area contributed by atoms with E-state index >= 15 is 0 Å². The van der Waals surface area contributed by atoms with Crippen molar-refractivity contribution in [1.29, 1.82) is 0 Å². The van der Waals surface area contributed by atoms with Crippen molar-refractivity contribution < 1.29 is 8.42 Å². The fourth-order valence-electron chi connectivity index (χ4n) is 3.23. The van der Waals surface area contributed by atoms with Crippen molar-refractivity contribution in [2.45, 2.75) is 18.7 Å². The summed E-state index contributed by atoms with van der Waals surface area (Å²) >= 11 is 0. The second kappa shape index (κ2) is 7.22. The fraction of sp³-hybridized carbons (Fsp3) is 0.0870. The molecule has 0 aliphatic rings. The van der Waals surface area contributed by atoms with E-state index in [0.29, 0.717) is 16.8 Å². The van der Waals surface area contributed by atoms with Crippen LogP contribution in [0.5, 0.6) is 0 Å². The summed E-state index contributed by atoms with van der Waals surface area (Å²) in [5.41, 5.74) is 11.1. The Labute approximate surface area is 170 Å². The zero-order valence-corrected chi connectivity index (χ0v) is 17.0. The van der Waals surface area contributed by atoms with Gasteiger partial charge in [-0.05, 0) is 37.6 Å². The summed E-state index contributed by atoms with van der Waals surface area (Å²) in [6.07, 6.45) is 0. The van der Waals surface area contributed by atoms with Crippen molar-refractivity contribution in [3.63, 3.8) is 0 Å². The Kier molecular flexibility index (Phi) is 4.72. The van der Waals surface area contributed by atoms with Gasteiger partial charge in [-0.1, -0.05) is 65.7 Å². The molecule has 29 heavy (non-hydrogen) atoms. The van der Waals surface area contributed by atoms with E-state index in [0.717, 1.165) is 22.1 Å². The van der Waals surface area contributed by atoms with Crippen LogP contribution in [-0.2, 0) is 10.0 Å². The van der Waals surface area contributed by atoms with E-state index in [4.69, 9.17) is 5.73 Å². The fourth-order valence-corrected chi connectivity index (χ4v) is 4.24. The van der Waals surface area contributed by atoms with Crippen LogP contribution in [0.3, 0.4) is 0 Å². The van der Waals surface area contributed by atoms with Gasteiger partial charge in [0.05, 0.1) is 16.1 Å². The summed E-state index contributed by atoms with van der Waals surface area (Å²) in [6, 6.07) is 21.9. The summed E-state index contributed by atoms with van der Waals surface area (Å²) in [4.78, 5) is 4.77. The molecule has 0 atom stereocenters. The Morgan fingerprint density at radius 3 is 2.07 bits per heavy atom. The molecule has 0 saturated carbocycles. The molecule has 5 nitrogen and oxygen atoms in total. The molecule has 0 spiro atoms. The van der Waals surface area contributed by atoms with Gasteiger partial charge in [-0.25, -0.2) is 13.4 Å². The van der Waals surface area contributed by atoms with Crippen LogP contribution in [0.1, 0.15) is 11.1 Å². The number of rotatable bonds is 4. The lowest BCUT2D eigenvalue weighted by molar-refractivity contribution is 0.601. The van der Waals surface area contributed by atoms with Crippen molar-refractivity contribution in [1.82, 2.24) is 4.98 Å². The van der Waals surface area contributed by atoms with E-state index in [1.165, 1.54) is 0 Å². The Balaban J connectivity index is 1.91. The highest BCUT2D eigenvalue weighted by Gasteiger charge is 2.21. The highest BCUT2D eigenvalue weighted by Crippen LogP contribution is 2.38. The molecular weight excluding hydrogens is 382 g/mol. The van der Waals surface area contributed by atoms with E-state index in [9.17, 15) is 8.42 Å². The lowest BCUT2D eigenvalue weighted by Crippen LogP contribution is -2.15. The minimum Gasteiger partial charge on any atom is -0.398 e. The molecule has 0 bridgehead atoms. The third-order valence-electron chi connectivity index (χ3n) is 4.84. The van der Waals surface area contributed by atoms with Crippen LogP contribution in [0.25, 0.3) is 22.0 Å². The molecule has 0 aliphatic carbocycles. The number of nitrogens with two attached hydrogens (primary N) is 1. The van der Waals surface area contributed by atoms with Crippen molar-refractivity contribution in [2.75, 3.05) is 10.5 Å². The minimum atomic E-state index is -3.82. The van der Waals surface area contributed by atoms with E-state index in [1.54, 1.807) is 24.3 Å². The van der Waals surface area contributed by atoms with E-state index in [1.807, 2.05) is 62.4 Å². The molecular formula is C23H21N3O2S. The molecule has 1 heterocycles. The predicted octanol–water partition coefficient (Wildman–Crippen LogP) is 4.90. The lowest BCUT2D eigenvalue weighted by Gasteiger charge is -2.16. The highest BCUT2D eigenvalue weighted by atomic mass is 32.2. The lowest BCUT2D eigenvalue weighted by atomic mass is 10.0. The molecule has 146 valence electrons. The number of nitrogens with one attached hydrogen (secondary N) is 1. The molecule has 0 saturated heterocycles. The van der Waals surface area contributed by atoms with Crippen LogP contribution >= 0.6 is 0 Å². The Hall–Kier alpha value is -3.38. The van der Waals surface area contributed by atoms with E-state index in [-0.39, 0.29) is 10.7 Å². The first-order chi connectivity index (χ1) is 13.8. The standard InChI is InChI=1S/C23H21N3O2S/c1-15-7-11-17(12-8-15)21-22(24)19-5-3-4-6-20(19)25-23(21)26-29(27,28)18-13-9-16(2)10-14-18/h3-14H,1-2H3,(H3,24,25,26). The van der Waals surface area contributed by atoms with E-state index < -0.39 is 10.0 Å². The third kappa shape index (κ3) is 3.67. The van der Waals surface area contributed by atoms with Crippen molar-refractivity contribution in [2.24, 2.45) is 0 Å². The zero-order chi connectivity index (χ0) is 20.6. The first-order valence-corrected chi connectivity index (χ1v) is 10.7. The Morgan fingerprint density at radius 1 is 0.828 bits per heavy atom. The number of hydrogen-bond donors (Lipinski definition) is 2.